The van der Waals surface area contributed by atoms with Crippen molar-refractivity contribution >= 4 is 32.9 Å². The summed E-state index contributed by atoms with van der Waals surface area (Å²) in [5, 5.41) is 10.9. The van der Waals surface area contributed by atoms with E-state index in [0.29, 0.717) is 11.4 Å². The molecule has 2 aliphatic heterocycles. The zero-order valence-corrected chi connectivity index (χ0v) is 16.0. The van der Waals surface area contributed by atoms with Gasteiger partial charge in [0, 0.05) is 23.5 Å². The summed E-state index contributed by atoms with van der Waals surface area (Å²) in [7, 11) is -3.29. The lowest BCUT2D eigenvalue weighted by atomic mass is 10.1. The number of amides is 2. The highest BCUT2D eigenvalue weighted by molar-refractivity contribution is 7.91. The van der Waals surface area contributed by atoms with Crippen LogP contribution in [0.1, 0.15) is 12.5 Å². The summed E-state index contributed by atoms with van der Waals surface area (Å²) in [5.74, 6) is -0.216. The summed E-state index contributed by atoms with van der Waals surface area (Å²) < 4.78 is 24.6. The van der Waals surface area contributed by atoms with Crippen LogP contribution in [0.3, 0.4) is 0 Å². The normalized spacial score (nSPS) is 23.1. The van der Waals surface area contributed by atoms with Crippen LogP contribution in [0.2, 0.25) is 0 Å². The molecular formula is C19H19N3O5S. The van der Waals surface area contributed by atoms with Crippen LogP contribution in [0.5, 0.6) is 0 Å². The Hall–Kier alpha value is -2.94. The van der Waals surface area contributed by atoms with E-state index in [-0.39, 0.29) is 23.2 Å². The first kappa shape index (κ1) is 18.4. The molecule has 9 heteroatoms. The summed E-state index contributed by atoms with van der Waals surface area (Å²) in [4.78, 5) is 26.6. The molecule has 2 fully saturated rings. The van der Waals surface area contributed by atoms with Crippen molar-refractivity contribution in [1.29, 1.82) is 0 Å². The van der Waals surface area contributed by atoms with Crippen LogP contribution < -0.4 is 9.80 Å². The van der Waals surface area contributed by atoms with E-state index < -0.39 is 26.8 Å². The third-order valence-corrected chi connectivity index (χ3v) is 7.03. The molecule has 0 aliphatic carbocycles. The number of carbonyl (C=O) groups excluding carboxylic acids is 1. The van der Waals surface area contributed by atoms with Crippen LogP contribution in [0.4, 0.5) is 21.9 Å². The molecule has 8 nitrogen and oxygen atoms in total. The summed E-state index contributed by atoms with van der Waals surface area (Å²) in [5.41, 5.74) is 2.14. The van der Waals surface area contributed by atoms with Crippen LogP contribution in [-0.2, 0) is 16.3 Å². The average molecular weight is 401 g/mol. The van der Waals surface area contributed by atoms with E-state index >= 15 is 0 Å². The standard InChI is InChI=1S/C19H19N3O5S/c1-2-13-3-5-14(6-4-13)20-17-11-28(26,27)12-18(17)21(19(20)23)15-7-9-16(10-8-15)22(24)25/h3-10,17-18H,2,11-12H2,1H3/t17-,18-/m0/s1. The molecule has 0 aromatic heterocycles. The van der Waals surface area contributed by atoms with E-state index in [1.807, 2.05) is 31.2 Å². The number of hydrogen-bond acceptors (Lipinski definition) is 5. The van der Waals surface area contributed by atoms with E-state index in [2.05, 4.69) is 0 Å². The fraction of sp³-hybridized carbons (Fsp3) is 0.316. The highest BCUT2D eigenvalue weighted by Crippen LogP contribution is 2.38. The Morgan fingerprint density at radius 3 is 1.86 bits per heavy atom. The minimum Gasteiger partial charge on any atom is -0.288 e. The molecule has 0 N–H and O–H groups in total. The quantitative estimate of drug-likeness (QED) is 0.445. The van der Waals surface area contributed by atoms with Gasteiger partial charge >= 0.3 is 6.03 Å². The lowest BCUT2D eigenvalue weighted by molar-refractivity contribution is -0.384. The number of rotatable bonds is 4. The van der Waals surface area contributed by atoms with E-state index in [1.54, 1.807) is 0 Å². The first-order chi connectivity index (χ1) is 13.3. The third-order valence-electron chi connectivity index (χ3n) is 5.33. The molecule has 0 radical (unpaired) electrons. The number of benzene rings is 2. The van der Waals surface area contributed by atoms with Crippen molar-refractivity contribution in [1.82, 2.24) is 0 Å². The van der Waals surface area contributed by atoms with Crippen LogP contribution in [0, 0.1) is 10.1 Å². The second-order valence-corrected chi connectivity index (χ2v) is 9.18. The summed E-state index contributed by atoms with van der Waals surface area (Å²) >= 11 is 0. The average Bonchev–Trinajstić information content (AvgIpc) is 3.10. The topological polar surface area (TPSA) is 101 Å². The van der Waals surface area contributed by atoms with Crippen molar-refractivity contribution in [2.24, 2.45) is 0 Å². The zero-order chi connectivity index (χ0) is 20.1. The van der Waals surface area contributed by atoms with Crippen molar-refractivity contribution in [3.63, 3.8) is 0 Å². The Balaban J connectivity index is 1.74. The van der Waals surface area contributed by atoms with Crippen molar-refractivity contribution in [3.05, 3.63) is 64.2 Å². The molecule has 4 rings (SSSR count). The van der Waals surface area contributed by atoms with Gasteiger partial charge in [0.2, 0.25) is 0 Å². The Morgan fingerprint density at radius 1 is 0.964 bits per heavy atom. The number of nitrogens with zero attached hydrogens (tertiary/aromatic N) is 3. The second kappa shape index (κ2) is 6.59. The van der Waals surface area contributed by atoms with Gasteiger partial charge < -0.3 is 0 Å². The lowest BCUT2D eigenvalue weighted by Crippen LogP contribution is -2.37. The number of aryl methyl sites for hydroxylation is 1. The van der Waals surface area contributed by atoms with Crippen molar-refractivity contribution in [3.8, 4) is 0 Å². The van der Waals surface area contributed by atoms with E-state index in [4.69, 9.17) is 0 Å². The highest BCUT2D eigenvalue weighted by atomic mass is 32.2. The van der Waals surface area contributed by atoms with Gasteiger partial charge in [-0.3, -0.25) is 19.9 Å². The molecule has 0 spiro atoms. The predicted molar refractivity (Wildman–Crippen MR) is 106 cm³/mol. The number of urea groups is 1. The summed E-state index contributed by atoms with van der Waals surface area (Å²) in [6, 6.07) is 11.8. The summed E-state index contributed by atoms with van der Waals surface area (Å²) in [6.07, 6.45) is 0.865. The fourth-order valence-electron chi connectivity index (χ4n) is 3.93. The molecule has 2 heterocycles. The molecule has 2 saturated heterocycles. The number of fused-ring (bicyclic) bond motifs is 1. The van der Waals surface area contributed by atoms with Crippen molar-refractivity contribution < 1.29 is 18.1 Å². The number of non-ortho nitro benzene ring substituents is 1. The maximum Gasteiger partial charge on any atom is 0.329 e. The SMILES string of the molecule is CCc1ccc(N2C(=O)N(c3ccc([N+](=O)[O-])cc3)[C@H]3CS(=O)(=O)C[C@@H]32)cc1. The first-order valence-corrected chi connectivity index (χ1v) is 10.8. The molecule has 2 amide bonds. The van der Waals surface area contributed by atoms with Gasteiger partial charge in [0.05, 0.1) is 28.5 Å². The minimum absolute atomic E-state index is 0.0852. The number of carbonyl (C=O) groups is 1. The molecule has 0 unspecified atom stereocenters. The van der Waals surface area contributed by atoms with Gasteiger partial charge in [0.15, 0.2) is 9.84 Å². The van der Waals surface area contributed by atoms with Gasteiger partial charge in [-0.1, -0.05) is 19.1 Å². The smallest absolute Gasteiger partial charge is 0.288 e. The van der Waals surface area contributed by atoms with E-state index in [9.17, 15) is 23.3 Å². The van der Waals surface area contributed by atoms with Gasteiger partial charge in [0.1, 0.15) is 0 Å². The molecule has 2 aliphatic rings. The molecule has 2 aromatic rings. The van der Waals surface area contributed by atoms with Crippen LogP contribution in [0.15, 0.2) is 48.5 Å². The van der Waals surface area contributed by atoms with Gasteiger partial charge in [0.25, 0.3) is 5.69 Å². The minimum atomic E-state index is -3.29. The maximum atomic E-state index is 13.2. The number of hydrogen-bond donors (Lipinski definition) is 0. The third kappa shape index (κ3) is 3.01. The van der Waals surface area contributed by atoms with Gasteiger partial charge in [-0.15, -0.1) is 0 Å². The molecule has 2 atom stereocenters. The Labute approximate surface area is 162 Å². The number of sulfone groups is 1. The van der Waals surface area contributed by atoms with Crippen LogP contribution in [0.25, 0.3) is 0 Å². The largest absolute Gasteiger partial charge is 0.329 e. The molecule has 146 valence electrons. The second-order valence-electron chi connectivity index (χ2n) is 7.03. The van der Waals surface area contributed by atoms with Gasteiger partial charge in [-0.05, 0) is 36.2 Å². The fourth-order valence-corrected chi connectivity index (χ4v) is 5.85. The Bertz CT molecular complexity index is 1030. The van der Waals surface area contributed by atoms with E-state index in [0.717, 1.165) is 12.0 Å². The molecule has 0 saturated carbocycles. The number of anilines is 2. The first-order valence-electron chi connectivity index (χ1n) is 8.97. The predicted octanol–water partition coefficient (Wildman–Crippen LogP) is 2.77. The lowest BCUT2D eigenvalue weighted by Gasteiger charge is -2.22. The zero-order valence-electron chi connectivity index (χ0n) is 15.2. The number of nitro benzene ring substituents is 1. The van der Waals surface area contributed by atoms with Gasteiger partial charge in [-0.25, -0.2) is 13.2 Å². The molecule has 2 aromatic carbocycles. The summed E-state index contributed by atoms with van der Waals surface area (Å²) in [6.45, 7) is 2.03. The van der Waals surface area contributed by atoms with Gasteiger partial charge in [-0.2, -0.15) is 0 Å². The Kier molecular flexibility index (Phi) is 4.34. The maximum absolute atomic E-state index is 13.2. The van der Waals surface area contributed by atoms with Crippen LogP contribution in [-0.4, -0.2) is 43.0 Å². The van der Waals surface area contributed by atoms with Crippen molar-refractivity contribution in [2.45, 2.75) is 25.4 Å². The molecule has 0 bridgehead atoms. The highest BCUT2D eigenvalue weighted by Gasteiger charge is 2.54. The Morgan fingerprint density at radius 2 is 1.43 bits per heavy atom. The van der Waals surface area contributed by atoms with Crippen LogP contribution >= 0.6 is 0 Å². The molecular weight excluding hydrogens is 382 g/mol. The monoisotopic (exact) mass is 401 g/mol. The van der Waals surface area contributed by atoms with E-state index in [1.165, 1.54) is 34.1 Å². The molecule has 28 heavy (non-hydrogen) atoms. The number of nitro groups is 1. The van der Waals surface area contributed by atoms with Crippen molar-refractivity contribution in [2.75, 3.05) is 21.3 Å².